The van der Waals surface area contributed by atoms with Crippen LogP contribution in [0.4, 0.5) is 13.5 Å². The third-order valence-corrected chi connectivity index (χ3v) is 1.24. The first-order valence-corrected chi connectivity index (χ1v) is 2.93. The molecule has 0 amide bonds. The third-order valence-electron chi connectivity index (χ3n) is 1.24. The molecule has 0 saturated carbocycles. The number of alkyl halides is 1. The van der Waals surface area contributed by atoms with Crippen LogP contribution in [-0.2, 0) is 13.7 Å². The molecule has 2 nitrogen and oxygen atoms in total. The van der Waals surface area contributed by atoms with Gasteiger partial charge in [0.1, 0.15) is 6.67 Å². The fourth-order valence-corrected chi connectivity index (χ4v) is 0.785. The number of hydrogen-bond acceptors (Lipinski definition) is 1. The molecule has 0 unspecified atom stereocenters. The van der Waals surface area contributed by atoms with Gasteiger partial charge in [0.15, 0.2) is 0 Å². The van der Waals surface area contributed by atoms with E-state index in [0.717, 1.165) is 5.56 Å². The second kappa shape index (κ2) is 4.76. The Morgan fingerprint density at radius 3 is 2.27 bits per heavy atom. The van der Waals surface area contributed by atoms with Crippen molar-refractivity contribution in [3.8, 4) is 0 Å². The van der Waals surface area contributed by atoms with Crippen LogP contribution in [0.25, 0.3) is 0 Å². The Morgan fingerprint density at radius 1 is 1.55 bits per heavy atom. The van der Waals surface area contributed by atoms with E-state index in [4.69, 9.17) is 9.15 Å². The van der Waals surface area contributed by atoms with E-state index in [1.165, 1.54) is 0 Å². The maximum Gasteiger partial charge on any atom is 0.134 e. The largest absolute Gasteiger partial charge is 0.275 e. The molecule has 0 radical (unpaired) electrons. The molecule has 0 bridgehead atoms. The first-order chi connectivity index (χ1) is 5.24. The molecule has 1 aromatic rings. The summed E-state index contributed by atoms with van der Waals surface area (Å²) in [6.07, 6.45) is 1.80. The molecule has 11 heavy (non-hydrogen) atoms. The number of halogens is 3. The van der Waals surface area contributed by atoms with Crippen molar-refractivity contribution in [1.29, 1.82) is 0 Å². The van der Waals surface area contributed by atoms with Gasteiger partial charge in [-0.1, -0.05) is 0 Å². The molecule has 0 aliphatic carbocycles. The fourth-order valence-electron chi connectivity index (χ4n) is 0.785. The van der Waals surface area contributed by atoms with Crippen LogP contribution in [0.2, 0.25) is 0 Å². The lowest BCUT2D eigenvalue weighted by atomic mass is 10.3. The summed E-state index contributed by atoms with van der Waals surface area (Å²) >= 11 is 0. The van der Waals surface area contributed by atoms with Crippen LogP contribution in [0.15, 0.2) is 6.20 Å². The molecule has 0 aromatic carbocycles. The number of rotatable bonds is 1. The lowest BCUT2D eigenvalue weighted by Gasteiger charge is -1.83. The topological polar surface area (TPSA) is 17.8 Å². The zero-order valence-corrected chi connectivity index (χ0v) is 6.31. The standard InChI is InChI=1S/C6H9FN2.F2/c1-5-4-9(2)8-6(5)3-7;1-2/h4H,3H2,1-2H3;. The first kappa shape index (κ1) is 10.0. The monoisotopic (exact) mass is 166 g/mol. The highest BCUT2D eigenvalue weighted by molar-refractivity contribution is 5.13. The SMILES string of the molecule is Cc1cn(C)nc1CF.FF. The van der Waals surface area contributed by atoms with Crippen LogP contribution in [-0.4, -0.2) is 9.78 Å². The average molecular weight is 166 g/mol. The lowest BCUT2D eigenvalue weighted by molar-refractivity contribution is 0.108. The minimum atomic E-state index is -0.466. The van der Waals surface area contributed by atoms with Crippen molar-refractivity contribution in [2.45, 2.75) is 13.6 Å². The zero-order valence-electron chi connectivity index (χ0n) is 6.31. The van der Waals surface area contributed by atoms with Crippen molar-refractivity contribution in [3.63, 3.8) is 0 Å². The molecule has 1 heterocycles. The minimum absolute atomic E-state index is 0.466. The van der Waals surface area contributed by atoms with Crippen molar-refractivity contribution in [2.24, 2.45) is 7.05 Å². The van der Waals surface area contributed by atoms with E-state index in [1.807, 2.05) is 6.92 Å². The smallest absolute Gasteiger partial charge is 0.134 e. The minimum Gasteiger partial charge on any atom is -0.275 e. The maximum absolute atomic E-state index is 11.9. The normalized spacial score (nSPS) is 8.82. The highest BCUT2D eigenvalue weighted by Gasteiger charge is 1.99. The maximum atomic E-state index is 11.9. The summed E-state index contributed by atoms with van der Waals surface area (Å²) in [5.74, 6) is 0. The number of hydrogen-bond donors (Lipinski definition) is 0. The van der Waals surface area contributed by atoms with Gasteiger partial charge in [-0.25, -0.2) is 4.39 Å². The van der Waals surface area contributed by atoms with Crippen LogP contribution in [0, 0.1) is 6.92 Å². The van der Waals surface area contributed by atoms with Gasteiger partial charge in [-0.2, -0.15) is 5.10 Å². The van der Waals surface area contributed by atoms with Crippen LogP contribution in [0.3, 0.4) is 0 Å². The number of nitrogens with zero attached hydrogens (tertiary/aromatic N) is 2. The summed E-state index contributed by atoms with van der Waals surface area (Å²) in [6.45, 7) is 1.38. The zero-order chi connectivity index (χ0) is 8.85. The molecule has 1 rings (SSSR count). The fraction of sp³-hybridized carbons (Fsp3) is 0.500. The van der Waals surface area contributed by atoms with E-state index in [-0.39, 0.29) is 0 Å². The summed E-state index contributed by atoms with van der Waals surface area (Å²) in [5, 5.41) is 3.87. The van der Waals surface area contributed by atoms with Crippen molar-refractivity contribution in [3.05, 3.63) is 17.5 Å². The Kier molecular flexibility index (Phi) is 4.33. The second-order valence-electron chi connectivity index (χ2n) is 2.07. The van der Waals surface area contributed by atoms with Crippen molar-refractivity contribution >= 4 is 0 Å². The molecule has 0 atom stereocenters. The van der Waals surface area contributed by atoms with Gasteiger partial charge in [-0.05, 0) is 12.5 Å². The molecule has 5 heteroatoms. The highest BCUT2D eigenvalue weighted by Crippen LogP contribution is 2.04. The van der Waals surface area contributed by atoms with Crippen molar-refractivity contribution in [1.82, 2.24) is 9.78 Å². The second-order valence-corrected chi connectivity index (χ2v) is 2.07. The molecule has 0 spiro atoms. The molecule has 0 aliphatic heterocycles. The average Bonchev–Trinajstić information content (AvgIpc) is 2.33. The van der Waals surface area contributed by atoms with Crippen molar-refractivity contribution in [2.75, 3.05) is 0 Å². The Bertz CT molecular complexity index is 210. The van der Waals surface area contributed by atoms with E-state index in [9.17, 15) is 4.39 Å². The first-order valence-electron chi connectivity index (χ1n) is 2.93. The van der Waals surface area contributed by atoms with E-state index in [2.05, 4.69) is 5.10 Å². The Morgan fingerprint density at radius 2 is 2.09 bits per heavy atom. The number of aryl methyl sites for hydroxylation is 2. The summed E-state index contributed by atoms with van der Waals surface area (Å²) in [5.41, 5.74) is 1.46. The van der Waals surface area contributed by atoms with Crippen LogP contribution in [0.1, 0.15) is 11.3 Å². The van der Waals surface area contributed by atoms with Gasteiger partial charge in [0.2, 0.25) is 0 Å². The molecule has 1 aromatic heterocycles. The van der Waals surface area contributed by atoms with Gasteiger partial charge in [0, 0.05) is 22.4 Å². The van der Waals surface area contributed by atoms with E-state index >= 15 is 0 Å². The summed E-state index contributed by atoms with van der Waals surface area (Å²) in [4.78, 5) is 0. The number of aromatic nitrogens is 2. The van der Waals surface area contributed by atoms with Crippen LogP contribution >= 0.6 is 0 Å². The molecular weight excluding hydrogens is 157 g/mol. The van der Waals surface area contributed by atoms with Gasteiger partial charge in [-0.3, -0.25) is 4.68 Å². The van der Waals surface area contributed by atoms with Gasteiger partial charge >= 0.3 is 0 Å². The van der Waals surface area contributed by atoms with Crippen LogP contribution < -0.4 is 0 Å². The van der Waals surface area contributed by atoms with Gasteiger partial charge < -0.3 is 0 Å². The summed E-state index contributed by atoms with van der Waals surface area (Å²) < 4.78 is 29.5. The molecule has 64 valence electrons. The van der Waals surface area contributed by atoms with Crippen LogP contribution in [0.5, 0.6) is 0 Å². The Hall–Kier alpha value is -1.00. The van der Waals surface area contributed by atoms with Crippen molar-refractivity contribution < 1.29 is 13.5 Å². The predicted molar refractivity (Wildman–Crippen MR) is 35.0 cm³/mol. The molecule has 0 fully saturated rings. The summed E-state index contributed by atoms with van der Waals surface area (Å²) in [7, 11) is 1.78. The Labute approximate surface area is 62.5 Å². The molecule has 0 saturated heterocycles. The van der Waals surface area contributed by atoms with Gasteiger partial charge in [-0.15, -0.1) is 0 Å². The van der Waals surface area contributed by atoms with E-state index in [1.54, 1.807) is 17.9 Å². The van der Waals surface area contributed by atoms with Gasteiger partial charge in [0.25, 0.3) is 0 Å². The third kappa shape index (κ3) is 2.61. The predicted octanol–water partition coefficient (Wildman–Crippen LogP) is 2.04. The highest BCUT2D eigenvalue weighted by atomic mass is 20.0. The Balaban J connectivity index is 0.000000461. The lowest BCUT2D eigenvalue weighted by Crippen LogP contribution is -1.88. The molecule has 0 N–H and O–H groups in total. The summed E-state index contributed by atoms with van der Waals surface area (Å²) in [6, 6.07) is 0. The molecule has 0 aliphatic rings. The quantitative estimate of drug-likeness (QED) is 0.624. The van der Waals surface area contributed by atoms with Gasteiger partial charge in [0.05, 0.1) is 5.69 Å². The molecular formula is C6H9F3N2. The van der Waals surface area contributed by atoms with E-state index in [0.29, 0.717) is 5.69 Å². The van der Waals surface area contributed by atoms with E-state index < -0.39 is 6.67 Å².